The van der Waals surface area contributed by atoms with Crippen molar-refractivity contribution in [2.24, 2.45) is 0 Å². The van der Waals surface area contributed by atoms with E-state index in [1.165, 1.54) is 43.8 Å². The first kappa shape index (κ1) is 18.2. The van der Waals surface area contributed by atoms with Crippen LogP contribution in [0.25, 0.3) is 54.6 Å². The van der Waals surface area contributed by atoms with E-state index in [2.05, 4.69) is 103 Å². The zero-order valence-electron chi connectivity index (χ0n) is 16.8. The molecule has 0 unspecified atom stereocenters. The zero-order chi connectivity index (χ0) is 20.8. The molecule has 0 fully saturated rings. The minimum atomic E-state index is 0.790. The normalized spacial score (nSPS) is 11.4. The summed E-state index contributed by atoms with van der Waals surface area (Å²) in [5, 5.41) is 8.11. The average Bonchev–Trinajstić information content (AvgIpc) is 2.83. The molecule has 0 nitrogen and oxygen atoms in total. The van der Waals surface area contributed by atoms with Gasteiger partial charge in [0.25, 0.3) is 0 Å². The number of fused-ring (bicyclic) bond motifs is 3. The number of hydrogen-bond donors (Lipinski definition) is 0. The number of rotatable bonds is 2. The zero-order valence-corrected chi connectivity index (χ0v) is 17.6. The van der Waals surface area contributed by atoms with E-state index in [0.717, 1.165) is 15.8 Å². The lowest BCUT2D eigenvalue weighted by atomic mass is 9.85. The second-order valence-electron chi connectivity index (χ2n) is 7.88. The van der Waals surface area contributed by atoms with E-state index in [9.17, 15) is 0 Å². The molecule has 0 saturated heterocycles. The number of benzene rings is 6. The fraction of sp³-hybridized carbons (Fsp3) is 0. The van der Waals surface area contributed by atoms with Crippen molar-refractivity contribution in [1.29, 1.82) is 0 Å². The van der Waals surface area contributed by atoms with E-state index in [4.69, 9.17) is 11.6 Å². The molecule has 0 aromatic heterocycles. The van der Waals surface area contributed by atoms with Crippen molar-refractivity contribution in [3.63, 3.8) is 0 Å². The lowest BCUT2D eigenvalue weighted by Crippen LogP contribution is -1.90. The second-order valence-corrected chi connectivity index (χ2v) is 8.29. The highest BCUT2D eigenvalue weighted by Crippen LogP contribution is 2.44. The van der Waals surface area contributed by atoms with Crippen molar-refractivity contribution >= 4 is 43.9 Å². The van der Waals surface area contributed by atoms with E-state index in [-0.39, 0.29) is 0 Å². The van der Waals surface area contributed by atoms with Crippen molar-refractivity contribution in [3.05, 3.63) is 120 Å². The smallest absolute Gasteiger partial charge is 0.0484 e. The van der Waals surface area contributed by atoms with Crippen LogP contribution in [0.5, 0.6) is 0 Å². The molecular formula is C30H19Cl. The predicted molar refractivity (Wildman–Crippen MR) is 135 cm³/mol. The Balaban J connectivity index is 1.77. The molecule has 1 heteroatoms. The van der Waals surface area contributed by atoms with Crippen LogP contribution in [0.2, 0.25) is 5.02 Å². The van der Waals surface area contributed by atoms with Gasteiger partial charge in [-0.05, 0) is 61.3 Å². The molecule has 146 valence electrons. The van der Waals surface area contributed by atoms with Gasteiger partial charge in [0, 0.05) is 10.4 Å². The SMILES string of the molecule is Clc1cccc2cc(-c3c4ccccc4c(-c4ccccc4)c4ccccc34)ccc12. The molecule has 6 aromatic rings. The predicted octanol–water partition coefficient (Wildman–Crippen LogP) is 9.13. The molecule has 0 atom stereocenters. The first-order valence-electron chi connectivity index (χ1n) is 10.5. The van der Waals surface area contributed by atoms with Gasteiger partial charge >= 0.3 is 0 Å². The standard InChI is InChI=1S/C30H19Cl/c31-28-16-8-11-21-19-22(17-18-23(21)28)30-26-14-6-4-12-24(26)29(20-9-2-1-3-10-20)25-13-5-7-15-27(25)30/h1-19H. The van der Waals surface area contributed by atoms with Gasteiger partial charge in [0.05, 0.1) is 0 Å². The maximum atomic E-state index is 6.43. The first-order valence-corrected chi connectivity index (χ1v) is 10.9. The van der Waals surface area contributed by atoms with E-state index in [1.54, 1.807) is 0 Å². The summed E-state index contributed by atoms with van der Waals surface area (Å²) in [5.74, 6) is 0. The van der Waals surface area contributed by atoms with E-state index < -0.39 is 0 Å². The summed E-state index contributed by atoms with van der Waals surface area (Å²) in [6.45, 7) is 0. The van der Waals surface area contributed by atoms with Crippen molar-refractivity contribution in [1.82, 2.24) is 0 Å². The lowest BCUT2D eigenvalue weighted by Gasteiger charge is -2.18. The first-order chi connectivity index (χ1) is 15.3. The molecule has 0 spiro atoms. The van der Waals surface area contributed by atoms with Crippen molar-refractivity contribution in [3.8, 4) is 22.3 Å². The van der Waals surface area contributed by atoms with E-state index in [0.29, 0.717) is 0 Å². The van der Waals surface area contributed by atoms with Crippen LogP contribution in [0.15, 0.2) is 115 Å². The summed E-state index contributed by atoms with van der Waals surface area (Å²) in [4.78, 5) is 0. The minimum absolute atomic E-state index is 0.790. The van der Waals surface area contributed by atoms with Crippen LogP contribution in [-0.2, 0) is 0 Å². The quantitative estimate of drug-likeness (QED) is 0.248. The molecule has 0 radical (unpaired) electrons. The molecule has 31 heavy (non-hydrogen) atoms. The van der Waals surface area contributed by atoms with Gasteiger partial charge in [-0.2, -0.15) is 0 Å². The van der Waals surface area contributed by atoms with Gasteiger partial charge in [-0.3, -0.25) is 0 Å². The van der Waals surface area contributed by atoms with Crippen LogP contribution in [0.1, 0.15) is 0 Å². The van der Waals surface area contributed by atoms with Crippen LogP contribution in [0.3, 0.4) is 0 Å². The highest BCUT2D eigenvalue weighted by molar-refractivity contribution is 6.35. The Morgan fingerprint density at radius 2 is 0.935 bits per heavy atom. The maximum Gasteiger partial charge on any atom is 0.0484 e. The molecule has 0 heterocycles. The summed E-state index contributed by atoms with van der Waals surface area (Å²) < 4.78 is 0. The fourth-order valence-corrected chi connectivity index (χ4v) is 5.00. The van der Waals surface area contributed by atoms with Crippen molar-refractivity contribution in [2.45, 2.75) is 0 Å². The summed E-state index contributed by atoms with van der Waals surface area (Å²) in [7, 11) is 0. The Morgan fingerprint density at radius 3 is 1.55 bits per heavy atom. The lowest BCUT2D eigenvalue weighted by molar-refractivity contribution is 1.66. The third-order valence-corrected chi connectivity index (χ3v) is 6.44. The molecule has 0 bridgehead atoms. The van der Waals surface area contributed by atoms with Crippen molar-refractivity contribution < 1.29 is 0 Å². The maximum absolute atomic E-state index is 6.43. The summed E-state index contributed by atoms with van der Waals surface area (Å²) >= 11 is 6.43. The van der Waals surface area contributed by atoms with Gasteiger partial charge in [0.1, 0.15) is 0 Å². The molecule has 0 aliphatic rings. The third kappa shape index (κ3) is 2.91. The van der Waals surface area contributed by atoms with Gasteiger partial charge in [0.15, 0.2) is 0 Å². The molecule has 0 aliphatic carbocycles. The molecule has 0 aliphatic heterocycles. The van der Waals surface area contributed by atoms with Gasteiger partial charge in [-0.25, -0.2) is 0 Å². The Labute approximate surface area is 186 Å². The Hall–Kier alpha value is -3.61. The average molecular weight is 415 g/mol. The monoisotopic (exact) mass is 414 g/mol. The topological polar surface area (TPSA) is 0 Å². The summed E-state index contributed by atoms with van der Waals surface area (Å²) in [6.07, 6.45) is 0. The number of hydrogen-bond acceptors (Lipinski definition) is 0. The van der Waals surface area contributed by atoms with E-state index >= 15 is 0 Å². The number of halogens is 1. The van der Waals surface area contributed by atoms with Gasteiger partial charge in [0.2, 0.25) is 0 Å². The van der Waals surface area contributed by atoms with Crippen LogP contribution in [0, 0.1) is 0 Å². The van der Waals surface area contributed by atoms with Gasteiger partial charge < -0.3 is 0 Å². The second kappa shape index (κ2) is 7.27. The highest BCUT2D eigenvalue weighted by Gasteiger charge is 2.16. The summed E-state index contributed by atoms with van der Waals surface area (Å²) in [6, 6.07) is 40.9. The Morgan fingerprint density at radius 1 is 0.387 bits per heavy atom. The molecule has 6 aromatic carbocycles. The largest absolute Gasteiger partial charge is 0.0837 e. The van der Waals surface area contributed by atoms with Crippen molar-refractivity contribution in [2.75, 3.05) is 0 Å². The fourth-order valence-electron chi connectivity index (χ4n) is 4.75. The summed E-state index contributed by atoms with van der Waals surface area (Å²) in [5.41, 5.74) is 5.01. The molecular weight excluding hydrogens is 396 g/mol. The molecule has 0 N–H and O–H groups in total. The molecule has 0 saturated carbocycles. The van der Waals surface area contributed by atoms with Crippen LogP contribution < -0.4 is 0 Å². The molecule has 6 rings (SSSR count). The van der Waals surface area contributed by atoms with Gasteiger partial charge in [-0.1, -0.05) is 115 Å². The van der Waals surface area contributed by atoms with E-state index in [1.807, 2.05) is 12.1 Å². The van der Waals surface area contributed by atoms with Gasteiger partial charge in [-0.15, -0.1) is 0 Å². The third-order valence-electron chi connectivity index (χ3n) is 6.11. The van der Waals surface area contributed by atoms with Crippen LogP contribution >= 0.6 is 11.6 Å². The Kier molecular flexibility index (Phi) is 4.26. The molecule has 0 amide bonds. The van der Waals surface area contributed by atoms with Crippen LogP contribution in [-0.4, -0.2) is 0 Å². The highest BCUT2D eigenvalue weighted by atomic mass is 35.5. The Bertz CT molecular complexity index is 1520. The van der Waals surface area contributed by atoms with Crippen LogP contribution in [0.4, 0.5) is 0 Å². The minimum Gasteiger partial charge on any atom is -0.0837 e.